The maximum atomic E-state index is 13.0. The Morgan fingerprint density at radius 1 is 1.27 bits per heavy atom. The van der Waals surface area contributed by atoms with E-state index in [1.54, 1.807) is 13.8 Å². The number of hydrogen-bond acceptors (Lipinski definition) is 4. The summed E-state index contributed by atoms with van der Waals surface area (Å²) < 4.78 is 1.66. The molecular weight excluding hydrogens is 348 g/mol. The molecule has 1 aromatic carbocycles. The Morgan fingerprint density at radius 3 is 2.50 bits per heavy atom. The molecule has 2 aliphatic rings. The predicted molar refractivity (Wildman–Crippen MR) is 85.8 cm³/mol. The number of ketones is 1. The molecule has 118 valence electrons. The van der Waals surface area contributed by atoms with E-state index in [1.807, 2.05) is 24.3 Å². The summed E-state index contributed by atoms with van der Waals surface area (Å²) in [5.41, 5.74) is -1.25. The minimum Gasteiger partial charge on any atom is -0.622 e. The van der Waals surface area contributed by atoms with Gasteiger partial charge in [-0.25, -0.2) is 0 Å². The van der Waals surface area contributed by atoms with Gasteiger partial charge in [0.1, 0.15) is 5.54 Å². The molecule has 1 aliphatic carbocycles. The summed E-state index contributed by atoms with van der Waals surface area (Å²) in [5, 5.41) is 24.7. The Kier molecular flexibility index (Phi) is 3.66. The third-order valence-corrected chi connectivity index (χ3v) is 5.27. The van der Waals surface area contributed by atoms with Gasteiger partial charge in [-0.3, -0.25) is 4.79 Å². The van der Waals surface area contributed by atoms with Crippen LogP contribution >= 0.6 is 15.9 Å². The van der Waals surface area contributed by atoms with Gasteiger partial charge in [-0.1, -0.05) is 15.9 Å². The molecule has 3 rings (SSSR count). The highest BCUT2D eigenvalue weighted by atomic mass is 79.9. The van der Waals surface area contributed by atoms with Crippen molar-refractivity contribution in [2.24, 2.45) is 0 Å². The number of nitrogens with zero attached hydrogens (tertiary/aromatic N) is 2. The fourth-order valence-electron chi connectivity index (χ4n) is 3.60. The molecule has 1 fully saturated rings. The number of hydroxylamine groups is 3. The Hall–Kier alpha value is -1.24. The molecule has 1 saturated carbocycles. The van der Waals surface area contributed by atoms with Gasteiger partial charge in [0.15, 0.2) is 0 Å². The van der Waals surface area contributed by atoms with Crippen molar-refractivity contribution in [3.8, 4) is 0 Å². The fraction of sp³-hybridized carbons (Fsp3) is 0.500. The average molecular weight is 367 g/mol. The molecule has 1 N–H and O–H groups in total. The molecular formula is C16H19BrN2O3. The van der Waals surface area contributed by atoms with Crippen LogP contribution in [0.3, 0.4) is 0 Å². The minimum absolute atomic E-state index is 0.198. The zero-order valence-corrected chi connectivity index (χ0v) is 14.3. The molecule has 0 bridgehead atoms. The lowest BCUT2D eigenvalue weighted by molar-refractivity contribution is -0.573. The molecule has 0 amide bonds. The predicted octanol–water partition coefficient (Wildman–Crippen LogP) is 3.07. The second kappa shape index (κ2) is 5.15. The van der Waals surface area contributed by atoms with Gasteiger partial charge in [-0.15, -0.1) is 5.06 Å². The van der Waals surface area contributed by atoms with Crippen LogP contribution < -0.4 is 0 Å². The van der Waals surface area contributed by atoms with Gasteiger partial charge in [-0.05, 0) is 51.0 Å². The Bertz CT molecular complexity index is 654. The number of rotatable bonds is 1. The summed E-state index contributed by atoms with van der Waals surface area (Å²) in [6.45, 7) is 3.54. The number of hydrogen-bond donors (Lipinski definition) is 1. The van der Waals surface area contributed by atoms with Crippen molar-refractivity contribution in [2.45, 2.75) is 50.7 Å². The molecule has 0 radical (unpaired) electrons. The average Bonchev–Trinajstić information content (AvgIpc) is 2.62. The third kappa shape index (κ3) is 1.97. The summed E-state index contributed by atoms with van der Waals surface area (Å²) in [6.07, 6.45) is 2.22. The standard InChI is InChI=1S/C16H19BrN2O3/c1-15(2)14(11-6-8-12(17)9-7-11)18(21)16(19(15)22)10-4-3-5-13(16)20/h6-9,22H,3-5,10H2,1-2H3/t16-/m1/s1. The first-order chi connectivity index (χ1) is 10.3. The first kappa shape index (κ1) is 15.6. The number of carbonyl (C=O) groups is 1. The van der Waals surface area contributed by atoms with Gasteiger partial charge >= 0.3 is 5.66 Å². The Labute approximate surface area is 137 Å². The third-order valence-electron chi connectivity index (χ3n) is 4.74. The van der Waals surface area contributed by atoms with Crippen LogP contribution in [0.1, 0.15) is 45.1 Å². The van der Waals surface area contributed by atoms with Crippen molar-refractivity contribution < 1.29 is 14.7 Å². The Morgan fingerprint density at radius 2 is 1.91 bits per heavy atom. The molecule has 0 aromatic heterocycles. The second-order valence-electron chi connectivity index (χ2n) is 6.47. The van der Waals surface area contributed by atoms with Gasteiger partial charge in [0, 0.05) is 22.9 Å². The summed E-state index contributed by atoms with van der Waals surface area (Å²) in [6, 6.07) is 7.35. The lowest BCUT2D eigenvalue weighted by Crippen LogP contribution is -2.60. The fourth-order valence-corrected chi connectivity index (χ4v) is 3.86. The van der Waals surface area contributed by atoms with Crippen molar-refractivity contribution in [1.82, 2.24) is 5.06 Å². The molecule has 1 heterocycles. The molecule has 1 spiro atoms. The molecule has 0 saturated heterocycles. The van der Waals surface area contributed by atoms with Crippen LogP contribution in [0, 0.1) is 5.21 Å². The summed E-state index contributed by atoms with van der Waals surface area (Å²) in [4.78, 5) is 12.5. The molecule has 6 heteroatoms. The molecule has 1 atom stereocenters. The van der Waals surface area contributed by atoms with Crippen molar-refractivity contribution in [3.63, 3.8) is 0 Å². The molecule has 5 nitrogen and oxygen atoms in total. The number of benzene rings is 1. The van der Waals surface area contributed by atoms with Gasteiger partial charge in [0.25, 0.3) is 0 Å². The van der Waals surface area contributed by atoms with Crippen LogP contribution in [0.25, 0.3) is 0 Å². The van der Waals surface area contributed by atoms with Crippen molar-refractivity contribution in [1.29, 1.82) is 0 Å². The SMILES string of the molecule is CC1(C)C(c2ccc(Br)cc2)=[N+]([O-])[C@]2(CCCCC2=O)N1O. The highest BCUT2D eigenvalue weighted by molar-refractivity contribution is 9.10. The van der Waals surface area contributed by atoms with E-state index in [0.717, 1.165) is 32.7 Å². The van der Waals surface area contributed by atoms with Crippen molar-refractivity contribution >= 4 is 27.4 Å². The van der Waals surface area contributed by atoms with Gasteiger partial charge in [0.2, 0.25) is 11.5 Å². The minimum atomic E-state index is -1.47. The smallest absolute Gasteiger partial charge is 0.310 e. The zero-order valence-electron chi connectivity index (χ0n) is 12.7. The molecule has 0 unspecified atom stereocenters. The van der Waals surface area contributed by atoms with E-state index in [9.17, 15) is 15.2 Å². The quantitative estimate of drug-likeness (QED) is 0.612. The van der Waals surface area contributed by atoms with Crippen LogP contribution in [-0.4, -0.2) is 37.7 Å². The first-order valence-electron chi connectivity index (χ1n) is 7.45. The molecule has 1 aliphatic heterocycles. The maximum Gasteiger partial charge on any atom is 0.310 e. The maximum absolute atomic E-state index is 13.0. The summed E-state index contributed by atoms with van der Waals surface area (Å²) in [7, 11) is 0. The largest absolute Gasteiger partial charge is 0.622 e. The van der Waals surface area contributed by atoms with Crippen LogP contribution in [0.15, 0.2) is 28.7 Å². The summed E-state index contributed by atoms with van der Waals surface area (Å²) >= 11 is 3.37. The highest BCUT2D eigenvalue weighted by Crippen LogP contribution is 2.41. The number of carbonyl (C=O) groups excluding carboxylic acids is 1. The van der Waals surface area contributed by atoms with Crippen LogP contribution in [0.5, 0.6) is 0 Å². The van der Waals surface area contributed by atoms with Crippen LogP contribution in [0.4, 0.5) is 0 Å². The number of halogens is 1. The Balaban J connectivity index is 2.20. The van der Waals surface area contributed by atoms with Gasteiger partial charge < -0.3 is 10.4 Å². The van der Waals surface area contributed by atoms with Crippen LogP contribution in [-0.2, 0) is 4.79 Å². The topological polar surface area (TPSA) is 66.6 Å². The van der Waals surface area contributed by atoms with E-state index >= 15 is 0 Å². The zero-order chi connectivity index (χ0) is 16.1. The molecule has 22 heavy (non-hydrogen) atoms. The van der Waals surface area contributed by atoms with Crippen molar-refractivity contribution in [2.75, 3.05) is 0 Å². The van der Waals surface area contributed by atoms with E-state index in [4.69, 9.17) is 0 Å². The van der Waals surface area contributed by atoms with Gasteiger partial charge in [-0.2, -0.15) is 4.74 Å². The van der Waals surface area contributed by atoms with Crippen LogP contribution in [0.2, 0.25) is 0 Å². The van der Waals surface area contributed by atoms with Gasteiger partial charge in [0.05, 0.1) is 0 Å². The molecule has 1 aromatic rings. The van der Waals surface area contributed by atoms with E-state index < -0.39 is 11.2 Å². The summed E-state index contributed by atoms with van der Waals surface area (Å²) in [5.74, 6) is -0.198. The second-order valence-corrected chi connectivity index (χ2v) is 7.38. The monoisotopic (exact) mass is 366 g/mol. The highest BCUT2D eigenvalue weighted by Gasteiger charge is 2.66. The first-order valence-corrected chi connectivity index (χ1v) is 8.24. The van der Waals surface area contributed by atoms with E-state index in [1.165, 1.54) is 0 Å². The van der Waals surface area contributed by atoms with E-state index in [0.29, 0.717) is 18.6 Å². The van der Waals surface area contributed by atoms with E-state index in [2.05, 4.69) is 15.9 Å². The number of Topliss-reactive ketones (excluding diaryl/α,β-unsaturated/α-hetero) is 1. The van der Waals surface area contributed by atoms with E-state index in [-0.39, 0.29) is 5.78 Å². The lowest BCUT2D eigenvalue weighted by Gasteiger charge is -2.36. The normalized spacial score (nSPS) is 28.6. The lowest BCUT2D eigenvalue weighted by atomic mass is 9.86. The van der Waals surface area contributed by atoms with Crippen molar-refractivity contribution in [3.05, 3.63) is 39.5 Å².